The van der Waals surface area contributed by atoms with E-state index in [-0.39, 0.29) is 12.6 Å². The highest BCUT2D eigenvalue weighted by Crippen LogP contribution is 2.22. The molecule has 1 unspecified atom stereocenters. The second-order valence-corrected chi connectivity index (χ2v) is 5.47. The van der Waals surface area contributed by atoms with Crippen LogP contribution in [-0.2, 0) is 14.3 Å². The van der Waals surface area contributed by atoms with E-state index >= 15 is 0 Å². The van der Waals surface area contributed by atoms with E-state index < -0.39 is 17.5 Å². The summed E-state index contributed by atoms with van der Waals surface area (Å²) in [7, 11) is 1.61. The van der Waals surface area contributed by atoms with Crippen LogP contribution in [-0.4, -0.2) is 67.6 Å². The number of carbonyl (C=O) groups is 2. The number of nitrogens with zero attached hydrogens (tertiary/aromatic N) is 1. The highest BCUT2D eigenvalue weighted by molar-refractivity contribution is 5.76. The van der Waals surface area contributed by atoms with Gasteiger partial charge in [-0.25, -0.2) is 4.79 Å². The Labute approximate surface area is 118 Å². The number of methoxy groups -OCH3 is 1. The van der Waals surface area contributed by atoms with Crippen LogP contribution in [0.25, 0.3) is 0 Å². The Morgan fingerprint density at radius 1 is 1.55 bits per heavy atom. The fourth-order valence-corrected chi connectivity index (χ4v) is 2.67. The van der Waals surface area contributed by atoms with Gasteiger partial charge in [-0.2, -0.15) is 0 Å². The van der Waals surface area contributed by atoms with Gasteiger partial charge >= 0.3 is 12.0 Å². The van der Waals surface area contributed by atoms with Gasteiger partial charge in [-0.05, 0) is 12.8 Å². The van der Waals surface area contributed by atoms with Crippen molar-refractivity contribution >= 4 is 12.0 Å². The predicted molar refractivity (Wildman–Crippen MR) is 70.5 cm³/mol. The molecule has 2 atom stereocenters. The van der Waals surface area contributed by atoms with Crippen LogP contribution in [0, 0.1) is 5.92 Å². The molecule has 2 saturated heterocycles. The monoisotopic (exact) mass is 286 g/mol. The number of urea groups is 1. The third-order valence-electron chi connectivity index (χ3n) is 4.12. The van der Waals surface area contributed by atoms with Crippen LogP contribution in [0.2, 0.25) is 0 Å². The molecule has 0 aromatic carbocycles. The molecule has 0 aromatic rings. The van der Waals surface area contributed by atoms with Gasteiger partial charge in [-0.3, -0.25) is 4.79 Å². The molecule has 2 heterocycles. The Morgan fingerprint density at radius 2 is 2.35 bits per heavy atom. The average molecular weight is 286 g/mol. The lowest BCUT2D eigenvalue weighted by atomic mass is 9.98. The maximum Gasteiger partial charge on any atom is 0.317 e. The Bertz CT molecular complexity index is 368. The van der Waals surface area contributed by atoms with Gasteiger partial charge in [0.25, 0.3) is 0 Å². The minimum atomic E-state index is -0.833. The van der Waals surface area contributed by atoms with Crippen molar-refractivity contribution in [3.8, 4) is 0 Å². The molecule has 0 saturated carbocycles. The summed E-state index contributed by atoms with van der Waals surface area (Å²) in [5.41, 5.74) is -0.447. The summed E-state index contributed by atoms with van der Waals surface area (Å²) < 4.78 is 10.8. The molecule has 2 aliphatic rings. The summed E-state index contributed by atoms with van der Waals surface area (Å²) in [5, 5.41) is 11.9. The molecule has 2 aliphatic heterocycles. The first-order chi connectivity index (χ1) is 9.56. The predicted octanol–water partition coefficient (Wildman–Crippen LogP) is 0.298. The summed E-state index contributed by atoms with van der Waals surface area (Å²) in [6, 6.07) is -0.223. The van der Waals surface area contributed by atoms with Crippen LogP contribution in [0.5, 0.6) is 0 Å². The van der Waals surface area contributed by atoms with Crippen molar-refractivity contribution in [1.82, 2.24) is 10.2 Å². The molecule has 2 fully saturated rings. The lowest BCUT2D eigenvalue weighted by molar-refractivity contribution is -0.143. The molecule has 2 rings (SSSR count). The van der Waals surface area contributed by atoms with E-state index in [0.29, 0.717) is 32.7 Å². The van der Waals surface area contributed by atoms with E-state index in [1.165, 1.54) is 0 Å². The number of ether oxygens (including phenoxy) is 2. The van der Waals surface area contributed by atoms with Gasteiger partial charge in [0.2, 0.25) is 0 Å². The zero-order valence-corrected chi connectivity index (χ0v) is 11.8. The first-order valence-corrected chi connectivity index (χ1v) is 6.95. The van der Waals surface area contributed by atoms with Gasteiger partial charge in [-0.1, -0.05) is 0 Å². The largest absolute Gasteiger partial charge is 0.481 e. The van der Waals surface area contributed by atoms with Gasteiger partial charge in [0, 0.05) is 33.2 Å². The number of nitrogens with one attached hydrogen (secondary N) is 1. The summed E-state index contributed by atoms with van der Waals surface area (Å²) >= 11 is 0. The molecule has 2 amide bonds. The quantitative estimate of drug-likeness (QED) is 0.776. The van der Waals surface area contributed by atoms with E-state index in [1.807, 2.05) is 0 Å². The Kier molecular flexibility index (Phi) is 4.82. The number of amides is 2. The molecule has 0 bridgehead atoms. The molecule has 0 spiro atoms. The standard InChI is InChI=1S/C13H22N2O5/c1-19-13(4-6-20-9-13)8-14-12(18)15-5-2-3-10(7-15)11(16)17/h10H,2-9H2,1H3,(H,14,18)(H,16,17)/t10-,13?/m0/s1. The highest BCUT2D eigenvalue weighted by atomic mass is 16.5. The van der Waals surface area contributed by atoms with E-state index in [4.69, 9.17) is 14.6 Å². The van der Waals surface area contributed by atoms with E-state index in [2.05, 4.69) is 5.32 Å². The lowest BCUT2D eigenvalue weighted by Crippen LogP contribution is -2.51. The second kappa shape index (κ2) is 6.41. The number of likely N-dealkylation sites (tertiary alicyclic amines) is 1. The summed E-state index contributed by atoms with van der Waals surface area (Å²) in [5.74, 6) is -1.29. The fraction of sp³-hybridized carbons (Fsp3) is 0.846. The van der Waals surface area contributed by atoms with Gasteiger partial charge in [0.1, 0.15) is 5.60 Å². The maximum absolute atomic E-state index is 12.1. The Morgan fingerprint density at radius 3 is 2.95 bits per heavy atom. The van der Waals surface area contributed by atoms with Gasteiger partial charge in [-0.15, -0.1) is 0 Å². The van der Waals surface area contributed by atoms with Crippen molar-refractivity contribution in [3.05, 3.63) is 0 Å². The van der Waals surface area contributed by atoms with Crippen LogP contribution in [0.4, 0.5) is 4.79 Å². The molecule has 0 radical (unpaired) electrons. The highest BCUT2D eigenvalue weighted by Gasteiger charge is 2.36. The number of carboxylic acid groups (broad SMARTS) is 1. The molecule has 20 heavy (non-hydrogen) atoms. The SMILES string of the molecule is COC1(CNC(=O)N2CCC[C@H](C(=O)O)C2)CCOC1. The normalized spacial score (nSPS) is 30.2. The number of aliphatic carboxylic acids is 1. The molecular weight excluding hydrogens is 264 g/mol. The minimum absolute atomic E-state index is 0.223. The van der Waals surface area contributed by atoms with Crippen molar-refractivity contribution in [3.63, 3.8) is 0 Å². The second-order valence-electron chi connectivity index (χ2n) is 5.47. The van der Waals surface area contributed by atoms with Gasteiger partial charge < -0.3 is 24.8 Å². The van der Waals surface area contributed by atoms with E-state index in [0.717, 1.165) is 12.8 Å². The third kappa shape index (κ3) is 3.40. The van der Waals surface area contributed by atoms with Crippen LogP contribution >= 0.6 is 0 Å². The number of piperidine rings is 1. The number of rotatable bonds is 4. The van der Waals surface area contributed by atoms with Crippen LogP contribution < -0.4 is 5.32 Å². The fourth-order valence-electron chi connectivity index (χ4n) is 2.67. The van der Waals surface area contributed by atoms with Gasteiger partial charge in [0.15, 0.2) is 0 Å². The van der Waals surface area contributed by atoms with Crippen molar-refractivity contribution < 1.29 is 24.2 Å². The molecule has 0 aliphatic carbocycles. The molecule has 2 N–H and O–H groups in total. The Hall–Kier alpha value is -1.34. The molecule has 7 heteroatoms. The number of carboxylic acids is 1. The molecule has 7 nitrogen and oxygen atoms in total. The smallest absolute Gasteiger partial charge is 0.317 e. The van der Waals surface area contributed by atoms with E-state index in [9.17, 15) is 9.59 Å². The zero-order chi connectivity index (χ0) is 14.6. The molecule has 0 aromatic heterocycles. The molecular formula is C13H22N2O5. The van der Waals surface area contributed by atoms with E-state index in [1.54, 1.807) is 12.0 Å². The van der Waals surface area contributed by atoms with Crippen LogP contribution in [0.15, 0.2) is 0 Å². The first-order valence-electron chi connectivity index (χ1n) is 6.95. The number of carbonyl (C=O) groups excluding carboxylic acids is 1. The lowest BCUT2D eigenvalue weighted by Gasteiger charge is -2.32. The number of hydrogen-bond donors (Lipinski definition) is 2. The minimum Gasteiger partial charge on any atom is -0.481 e. The van der Waals surface area contributed by atoms with Crippen LogP contribution in [0.3, 0.4) is 0 Å². The Balaban J connectivity index is 1.83. The van der Waals surface area contributed by atoms with Gasteiger partial charge in [0.05, 0.1) is 19.1 Å². The van der Waals surface area contributed by atoms with Crippen molar-refractivity contribution in [2.24, 2.45) is 5.92 Å². The molecule has 114 valence electrons. The topological polar surface area (TPSA) is 88.1 Å². The van der Waals surface area contributed by atoms with Crippen molar-refractivity contribution in [2.75, 3.05) is 40.0 Å². The summed E-state index contributed by atoms with van der Waals surface area (Å²) in [4.78, 5) is 24.7. The first kappa shape index (κ1) is 15.1. The maximum atomic E-state index is 12.1. The van der Waals surface area contributed by atoms with Crippen molar-refractivity contribution in [2.45, 2.75) is 24.9 Å². The summed E-state index contributed by atoms with van der Waals surface area (Å²) in [6.45, 7) is 2.37. The summed E-state index contributed by atoms with van der Waals surface area (Å²) in [6.07, 6.45) is 2.11. The van der Waals surface area contributed by atoms with Crippen molar-refractivity contribution in [1.29, 1.82) is 0 Å². The zero-order valence-electron chi connectivity index (χ0n) is 11.8. The van der Waals surface area contributed by atoms with Crippen LogP contribution in [0.1, 0.15) is 19.3 Å². The third-order valence-corrected chi connectivity index (χ3v) is 4.12. The average Bonchev–Trinajstić information content (AvgIpc) is 2.94. The number of hydrogen-bond acceptors (Lipinski definition) is 4.